The second-order valence-electron chi connectivity index (χ2n) is 10.7. The highest BCUT2D eigenvalue weighted by molar-refractivity contribution is 7.90. The second kappa shape index (κ2) is 9.96. The average molecular weight is 549 g/mol. The SMILES string of the molecule is Cc1ccc(S(=O)(=O)n2cc(-c3ccccn3)c3c(N4CCN(C(=O)OC(C)(C)C)C(C)C4)ncnc32)cc1. The largest absolute Gasteiger partial charge is 0.444 e. The molecule has 0 bridgehead atoms. The molecule has 0 radical (unpaired) electrons. The van der Waals surface area contributed by atoms with Gasteiger partial charge in [0.2, 0.25) is 0 Å². The number of amides is 1. The first-order valence-corrected chi connectivity index (χ1v) is 14.2. The molecule has 4 heterocycles. The number of hydrogen-bond donors (Lipinski definition) is 0. The van der Waals surface area contributed by atoms with Crippen molar-refractivity contribution in [1.82, 2.24) is 23.8 Å². The van der Waals surface area contributed by atoms with Gasteiger partial charge in [-0.3, -0.25) is 4.98 Å². The standard InChI is InChI=1S/C28H32N6O4S/c1-19-9-11-21(12-10-19)39(36,37)34-17-22(23-8-6-7-13-29-23)24-25(30-18-31-26(24)34)32-14-15-33(20(2)16-32)27(35)38-28(3,4)5/h6-13,17-18,20H,14-16H2,1-5H3. The Bertz CT molecular complexity index is 1610. The Morgan fingerprint density at radius 3 is 2.41 bits per heavy atom. The van der Waals surface area contributed by atoms with Crippen molar-refractivity contribution in [2.75, 3.05) is 24.5 Å². The third kappa shape index (κ3) is 5.18. The fourth-order valence-corrected chi connectivity index (χ4v) is 6.04. The highest BCUT2D eigenvalue weighted by atomic mass is 32.2. The topological polar surface area (TPSA) is 111 Å². The maximum atomic E-state index is 13.8. The molecule has 10 nitrogen and oxygen atoms in total. The Morgan fingerprint density at radius 2 is 1.77 bits per heavy atom. The Kier molecular flexibility index (Phi) is 6.79. The van der Waals surface area contributed by atoms with E-state index in [4.69, 9.17) is 4.74 Å². The van der Waals surface area contributed by atoms with Crippen molar-refractivity contribution in [3.8, 4) is 11.3 Å². The van der Waals surface area contributed by atoms with Crippen LogP contribution in [0.15, 0.2) is 66.1 Å². The van der Waals surface area contributed by atoms with E-state index in [0.29, 0.717) is 42.1 Å². The summed E-state index contributed by atoms with van der Waals surface area (Å²) in [7, 11) is -3.95. The zero-order valence-corrected chi connectivity index (χ0v) is 23.5. The van der Waals surface area contributed by atoms with Crippen molar-refractivity contribution in [1.29, 1.82) is 0 Å². The van der Waals surface area contributed by atoms with Crippen LogP contribution in [0.2, 0.25) is 0 Å². The highest BCUT2D eigenvalue weighted by Gasteiger charge is 2.33. The van der Waals surface area contributed by atoms with Gasteiger partial charge in [0.25, 0.3) is 10.0 Å². The van der Waals surface area contributed by atoms with E-state index in [9.17, 15) is 13.2 Å². The summed E-state index contributed by atoms with van der Waals surface area (Å²) in [6.45, 7) is 10.8. The number of ether oxygens (including phenoxy) is 1. The summed E-state index contributed by atoms with van der Waals surface area (Å²) in [6.07, 6.45) is 4.26. The van der Waals surface area contributed by atoms with Gasteiger partial charge in [0.1, 0.15) is 17.7 Å². The molecule has 1 fully saturated rings. The van der Waals surface area contributed by atoms with Crippen LogP contribution >= 0.6 is 0 Å². The van der Waals surface area contributed by atoms with Crippen molar-refractivity contribution in [2.45, 2.75) is 51.2 Å². The van der Waals surface area contributed by atoms with Crippen LogP contribution in [-0.4, -0.2) is 69.6 Å². The minimum Gasteiger partial charge on any atom is -0.444 e. The maximum Gasteiger partial charge on any atom is 0.410 e. The molecule has 3 aromatic heterocycles. The van der Waals surface area contributed by atoms with E-state index in [2.05, 4.69) is 19.9 Å². The fraction of sp³-hybridized carbons (Fsp3) is 0.357. The third-order valence-corrected chi connectivity index (χ3v) is 8.27. The molecule has 0 N–H and O–H groups in total. The van der Waals surface area contributed by atoms with Crippen LogP contribution < -0.4 is 4.90 Å². The number of piperazine rings is 1. The zero-order valence-electron chi connectivity index (χ0n) is 22.7. The summed E-state index contributed by atoms with van der Waals surface area (Å²) in [4.78, 5) is 30.2. The Morgan fingerprint density at radius 1 is 1.03 bits per heavy atom. The molecule has 1 amide bonds. The monoisotopic (exact) mass is 548 g/mol. The minimum atomic E-state index is -3.95. The summed E-state index contributed by atoms with van der Waals surface area (Å²) >= 11 is 0. The van der Waals surface area contributed by atoms with Gasteiger partial charge in [-0.2, -0.15) is 0 Å². The van der Waals surface area contributed by atoms with E-state index in [1.165, 1.54) is 10.3 Å². The number of anilines is 1. The van der Waals surface area contributed by atoms with Crippen LogP contribution in [-0.2, 0) is 14.8 Å². The number of aryl methyl sites for hydroxylation is 1. The van der Waals surface area contributed by atoms with Crippen LogP contribution in [0.25, 0.3) is 22.3 Å². The van der Waals surface area contributed by atoms with Gasteiger partial charge >= 0.3 is 6.09 Å². The van der Waals surface area contributed by atoms with E-state index < -0.39 is 15.6 Å². The molecule has 1 aliphatic heterocycles. The predicted octanol–water partition coefficient (Wildman–Crippen LogP) is 4.48. The average Bonchev–Trinajstić information content (AvgIpc) is 3.29. The van der Waals surface area contributed by atoms with Crippen molar-refractivity contribution in [3.63, 3.8) is 0 Å². The number of aromatic nitrogens is 4. The molecule has 1 unspecified atom stereocenters. The number of hydrogen-bond acceptors (Lipinski definition) is 8. The molecule has 0 spiro atoms. The second-order valence-corrected chi connectivity index (χ2v) is 12.6. The summed E-state index contributed by atoms with van der Waals surface area (Å²) in [5, 5.41) is 0.588. The predicted molar refractivity (Wildman–Crippen MR) is 149 cm³/mol. The molecule has 1 saturated heterocycles. The first-order chi connectivity index (χ1) is 18.5. The number of fused-ring (bicyclic) bond motifs is 1. The third-order valence-electron chi connectivity index (χ3n) is 6.61. The van der Waals surface area contributed by atoms with Crippen molar-refractivity contribution >= 4 is 33.0 Å². The maximum absolute atomic E-state index is 13.8. The first kappa shape index (κ1) is 26.6. The summed E-state index contributed by atoms with van der Waals surface area (Å²) in [5.41, 5.74) is 1.86. The van der Waals surface area contributed by atoms with Gasteiger partial charge in [-0.15, -0.1) is 0 Å². The quantitative estimate of drug-likeness (QED) is 0.367. The molecule has 4 aromatic rings. The van der Waals surface area contributed by atoms with E-state index in [1.807, 2.05) is 46.8 Å². The Balaban J connectivity index is 1.60. The fourth-order valence-electron chi connectivity index (χ4n) is 4.72. The smallest absolute Gasteiger partial charge is 0.410 e. The van der Waals surface area contributed by atoms with E-state index in [1.54, 1.807) is 47.6 Å². The minimum absolute atomic E-state index is 0.157. The number of benzene rings is 1. The number of nitrogens with zero attached hydrogens (tertiary/aromatic N) is 6. The van der Waals surface area contributed by atoms with Crippen molar-refractivity contribution < 1.29 is 17.9 Å². The van der Waals surface area contributed by atoms with Gasteiger partial charge in [-0.05, 0) is 58.9 Å². The van der Waals surface area contributed by atoms with Gasteiger partial charge in [-0.1, -0.05) is 23.8 Å². The van der Waals surface area contributed by atoms with Crippen LogP contribution in [0.5, 0.6) is 0 Å². The van der Waals surface area contributed by atoms with Gasteiger partial charge in [0.15, 0.2) is 5.65 Å². The number of rotatable bonds is 4. The zero-order chi connectivity index (χ0) is 27.9. The lowest BCUT2D eigenvalue weighted by atomic mass is 10.1. The van der Waals surface area contributed by atoms with Gasteiger partial charge in [0.05, 0.1) is 16.0 Å². The molecule has 0 aliphatic carbocycles. The molecule has 1 aliphatic rings. The Labute approximate surface area is 228 Å². The lowest BCUT2D eigenvalue weighted by Crippen LogP contribution is -2.55. The molecule has 1 aromatic carbocycles. The lowest BCUT2D eigenvalue weighted by Gasteiger charge is -2.40. The number of carbonyl (C=O) groups excluding carboxylic acids is 1. The molecule has 39 heavy (non-hydrogen) atoms. The number of pyridine rings is 1. The molecule has 204 valence electrons. The molecule has 1 atom stereocenters. The van der Waals surface area contributed by atoms with Crippen LogP contribution in [0, 0.1) is 6.92 Å². The van der Waals surface area contributed by atoms with E-state index >= 15 is 0 Å². The molecular weight excluding hydrogens is 516 g/mol. The first-order valence-electron chi connectivity index (χ1n) is 12.8. The van der Waals surface area contributed by atoms with Crippen molar-refractivity contribution in [2.24, 2.45) is 0 Å². The molecule has 5 rings (SSSR count). The van der Waals surface area contributed by atoms with Gasteiger partial charge < -0.3 is 14.5 Å². The highest BCUT2D eigenvalue weighted by Crippen LogP contribution is 2.37. The summed E-state index contributed by atoms with van der Waals surface area (Å²) in [5.74, 6) is 0.592. The number of carbonyl (C=O) groups is 1. The van der Waals surface area contributed by atoms with Crippen LogP contribution in [0.4, 0.5) is 10.6 Å². The van der Waals surface area contributed by atoms with Crippen LogP contribution in [0.3, 0.4) is 0 Å². The van der Waals surface area contributed by atoms with E-state index in [-0.39, 0.29) is 22.7 Å². The summed E-state index contributed by atoms with van der Waals surface area (Å²) < 4.78 is 34.4. The summed E-state index contributed by atoms with van der Waals surface area (Å²) in [6, 6.07) is 12.1. The van der Waals surface area contributed by atoms with Crippen LogP contribution in [0.1, 0.15) is 33.3 Å². The molecule has 11 heteroatoms. The Hall–Kier alpha value is -3.99. The van der Waals surface area contributed by atoms with E-state index in [0.717, 1.165) is 5.56 Å². The lowest BCUT2D eigenvalue weighted by molar-refractivity contribution is 0.0158. The normalized spacial score (nSPS) is 16.5. The van der Waals surface area contributed by atoms with Crippen molar-refractivity contribution in [3.05, 3.63) is 66.7 Å². The molecular formula is C28H32N6O4S. The molecule has 0 saturated carbocycles. The van der Waals surface area contributed by atoms with Gasteiger partial charge in [0, 0.05) is 43.6 Å². The van der Waals surface area contributed by atoms with Gasteiger partial charge in [-0.25, -0.2) is 27.2 Å².